The summed E-state index contributed by atoms with van der Waals surface area (Å²) in [5.74, 6) is 0.451. The van der Waals surface area contributed by atoms with Crippen molar-refractivity contribution < 1.29 is 5.11 Å². The zero-order valence-electron chi connectivity index (χ0n) is 11.3. The van der Waals surface area contributed by atoms with E-state index in [1.54, 1.807) is 17.0 Å². The molecule has 1 saturated heterocycles. The fourth-order valence-corrected chi connectivity index (χ4v) is 2.48. The smallest absolute Gasteiger partial charge is 0.293 e. The normalized spacial score (nSPS) is 17.9. The van der Waals surface area contributed by atoms with E-state index in [1.807, 2.05) is 25.7 Å². The standard InChI is InChI=1S/C13H21N3O2/c1-4-5-13(18)8-15(9-13)11-12(17)16(10(2)3)7-6-14-11/h6-7,10,18H,4-5,8-9H2,1-3H3. The second-order valence-corrected chi connectivity index (χ2v) is 5.39. The second kappa shape index (κ2) is 4.72. The molecule has 0 saturated carbocycles. The first kappa shape index (κ1) is 13.1. The Balaban J connectivity index is 2.18. The van der Waals surface area contributed by atoms with Crippen LogP contribution in [0.5, 0.6) is 0 Å². The summed E-state index contributed by atoms with van der Waals surface area (Å²) in [5, 5.41) is 10.1. The van der Waals surface area contributed by atoms with Gasteiger partial charge < -0.3 is 14.6 Å². The number of β-amino-alcohol motifs (C(OH)–C–C–N with tert-alkyl or cyclic N) is 1. The lowest BCUT2D eigenvalue weighted by Gasteiger charge is -2.46. The van der Waals surface area contributed by atoms with Crippen LogP contribution in [0.3, 0.4) is 0 Å². The number of aromatic nitrogens is 2. The number of hydrogen-bond donors (Lipinski definition) is 1. The highest BCUT2D eigenvalue weighted by Gasteiger charge is 2.41. The Bertz CT molecular complexity index is 475. The minimum absolute atomic E-state index is 0.0777. The second-order valence-electron chi connectivity index (χ2n) is 5.39. The first-order chi connectivity index (χ1) is 8.47. The number of rotatable bonds is 4. The Morgan fingerprint density at radius 3 is 2.72 bits per heavy atom. The molecule has 5 nitrogen and oxygen atoms in total. The molecule has 0 radical (unpaired) electrons. The van der Waals surface area contributed by atoms with Crippen LogP contribution in [0.15, 0.2) is 17.2 Å². The summed E-state index contributed by atoms with van der Waals surface area (Å²) in [5.41, 5.74) is -0.715. The molecule has 2 heterocycles. The highest BCUT2D eigenvalue weighted by molar-refractivity contribution is 5.41. The quantitative estimate of drug-likeness (QED) is 0.873. The molecule has 0 bridgehead atoms. The summed E-state index contributed by atoms with van der Waals surface area (Å²) in [6.07, 6.45) is 5.07. The monoisotopic (exact) mass is 251 g/mol. The van der Waals surface area contributed by atoms with E-state index in [0.717, 1.165) is 12.8 Å². The van der Waals surface area contributed by atoms with Crippen LogP contribution in [0.4, 0.5) is 5.82 Å². The number of nitrogens with zero attached hydrogens (tertiary/aromatic N) is 3. The summed E-state index contributed by atoms with van der Waals surface area (Å²) >= 11 is 0. The molecule has 1 N–H and O–H groups in total. The maximum absolute atomic E-state index is 12.2. The fourth-order valence-electron chi connectivity index (χ4n) is 2.48. The third-order valence-electron chi connectivity index (χ3n) is 3.39. The van der Waals surface area contributed by atoms with Gasteiger partial charge in [0.15, 0.2) is 5.82 Å². The van der Waals surface area contributed by atoms with E-state index in [9.17, 15) is 9.90 Å². The minimum Gasteiger partial charge on any atom is -0.386 e. The highest BCUT2D eigenvalue weighted by Crippen LogP contribution is 2.28. The molecule has 0 amide bonds. The van der Waals surface area contributed by atoms with Crippen molar-refractivity contribution in [1.29, 1.82) is 0 Å². The topological polar surface area (TPSA) is 58.4 Å². The van der Waals surface area contributed by atoms with Gasteiger partial charge in [-0.3, -0.25) is 4.79 Å². The van der Waals surface area contributed by atoms with Crippen molar-refractivity contribution in [3.05, 3.63) is 22.7 Å². The van der Waals surface area contributed by atoms with Crippen LogP contribution in [0.2, 0.25) is 0 Å². The van der Waals surface area contributed by atoms with Crippen LogP contribution >= 0.6 is 0 Å². The lowest BCUT2D eigenvalue weighted by Crippen LogP contribution is -2.63. The maximum Gasteiger partial charge on any atom is 0.293 e. The molecule has 1 aliphatic rings. The molecule has 1 aromatic rings. The molecule has 1 fully saturated rings. The molecule has 0 atom stereocenters. The van der Waals surface area contributed by atoms with Gasteiger partial charge in [0.25, 0.3) is 5.56 Å². The number of hydrogen-bond acceptors (Lipinski definition) is 4. The van der Waals surface area contributed by atoms with Crippen LogP contribution in [-0.2, 0) is 0 Å². The molecule has 0 aliphatic carbocycles. The van der Waals surface area contributed by atoms with Gasteiger partial charge in [0.1, 0.15) is 0 Å². The highest BCUT2D eigenvalue weighted by atomic mass is 16.3. The van der Waals surface area contributed by atoms with Gasteiger partial charge in [0, 0.05) is 18.4 Å². The Kier molecular flexibility index (Phi) is 3.43. The van der Waals surface area contributed by atoms with Crippen molar-refractivity contribution in [1.82, 2.24) is 9.55 Å². The summed E-state index contributed by atoms with van der Waals surface area (Å²) in [7, 11) is 0. The van der Waals surface area contributed by atoms with Crippen molar-refractivity contribution in [3.63, 3.8) is 0 Å². The molecular weight excluding hydrogens is 230 g/mol. The summed E-state index contributed by atoms with van der Waals surface area (Å²) in [6.45, 7) is 6.99. The third-order valence-corrected chi connectivity index (χ3v) is 3.39. The van der Waals surface area contributed by atoms with Crippen LogP contribution in [0.25, 0.3) is 0 Å². The lowest BCUT2D eigenvalue weighted by molar-refractivity contribution is 0.00273. The predicted molar refractivity (Wildman–Crippen MR) is 71.0 cm³/mol. The van der Waals surface area contributed by atoms with E-state index in [-0.39, 0.29) is 11.6 Å². The van der Waals surface area contributed by atoms with Crippen molar-refractivity contribution >= 4 is 5.82 Å². The molecular formula is C13H21N3O2. The first-order valence-corrected chi connectivity index (χ1v) is 6.51. The van der Waals surface area contributed by atoms with Gasteiger partial charge in [-0.1, -0.05) is 13.3 Å². The molecule has 2 rings (SSSR count). The molecule has 5 heteroatoms. The average molecular weight is 251 g/mol. The Morgan fingerprint density at radius 1 is 1.50 bits per heavy atom. The number of anilines is 1. The SMILES string of the molecule is CCCC1(O)CN(c2nccn(C(C)C)c2=O)C1. The lowest BCUT2D eigenvalue weighted by atomic mass is 9.89. The first-order valence-electron chi connectivity index (χ1n) is 6.51. The Hall–Kier alpha value is -1.36. The average Bonchev–Trinajstić information content (AvgIpc) is 2.26. The molecule has 1 aromatic heterocycles. The Labute approximate surface area is 107 Å². The molecule has 0 spiro atoms. The van der Waals surface area contributed by atoms with Crippen molar-refractivity contribution in [2.24, 2.45) is 0 Å². The van der Waals surface area contributed by atoms with Crippen LogP contribution in [0, 0.1) is 0 Å². The zero-order chi connectivity index (χ0) is 13.3. The fraction of sp³-hybridized carbons (Fsp3) is 0.692. The van der Waals surface area contributed by atoms with E-state index in [2.05, 4.69) is 4.98 Å². The van der Waals surface area contributed by atoms with Crippen LogP contribution in [-0.4, -0.2) is 33.3 Å². The van der Waals surface area contributed by atoms with Gasteiger partial charge in [0.2, 0.25) is 0 Å². The molecule has 1 aliphatic heterocycles. The van der Waals surface area contributed by atoms with E-state index in [0.29, 0.717) is 18.9 Å². The molecule has 100 valence electrons. The van der Waals surface area contributed by atoms with Crippen molar-refractivity contribution in [2.75, 3.05) is 18.0 Å². The van der Waals surface area contributed by atoms with Gasteiger partial charge in [-0.05, 0) is 20.3 Å². The summed E-state index contributed by atoms with van der Waals surface area (Å²) in [4.78, 5) is 18.2. The minimum atomic E-state index is -0.638. The summed E-state index contributed by atoms with van der Waals surface area (Å²) in [6, 6.07) is 0.120. The Morgan fingerprint density at radius 2 is 2.17 bits per heavy atom. The summed E-state index contributed by atoms with van der Waals surface area (Å²) < 4.78 is 1.67. The van der Waals surface area contributed by atoms with Gasteiger partial charge in [-0.2, -0.15) is 0 Å². The van der Waals surface area contributed by atoms with Gasteiger partial charge >= 0.3 is 0 Å². The van der Waals surface area contributed by atoms with Crippen LogP contribution < -0.4 is 10.5 Å². The van der Waals surface area contributed by atoms with Crippen molar-refractivity contribution in [3.8, 4) is 0 Å². The van der Waals surface area contributed by atoms with E-state index >= 15 is 0 Å². The van der Waals surface area contributed by atoms with Gasteiger partial charge in [-0.15, -0.1) is 0 Å². The van der Waals surface area contributed by atoms with E-state index in [1.165, 1.54) is 0 Å². The molecule has 18 heavy (non-hydrogen) atoms. The largest absolute Gasteiger partial charge is 0.386 e. The molecule has 0 aromatic carbocycles. The van der Waals surface area contributed by atoms with E-state index in [4.69, 9.17) is 0 Å². The predicted octanol–water partition coefficient (Wildman–Crippen LogP) is 1.18. The third kappa shape index (κ3) is 2.27. The number of aliphatic hydroxyl groups is 1. The zero-order valence-corrected chi connectivity index (χ0v) is 11.3. The van der Waals surface area contributed by atoms with Gasteiger partial charge in [0.05, 0.1) is 18.7 Å². The maximum atomic E-state index is 12.2. The van der Waals surface area contributed by atoms with Crippen LogP contribution in [0.1, 0.15) is 39.7 Å². The molecule has 0 unspecified atom stereocenters. The van der Waals surface area contributed by atoms with Gasteiger partial charge in [-0.25, -0.2) is 4.98 Å². The van der Waals surface area contributed by atoms with Crippen molar-refractivity contribution in [2.45, 2.75) is 45.3 Å². The van der Waals surface area contributed by atoms with E-state index < -0.39 is 5.60 Å².